The summed E-state index contributed by atoms with van der Waals surface area (Å²) in [5.74, 6) is 0.728. The standard InChI is InChI=1S/C15H15N3O3S/c1-17-13(9-5-3-2-4-6-9)16-18(15(17)22)10-7-11(19)14-20-8-12(10)21-14/h2-6,10,12,14H,7-8H2,1H3/t10-,12?,14+/m0/s1. The molecule has 2 saturated heterocycles. The van der Waals surface area contributed by atoms with Crippen molar-refractivity contribution in [3.63, 3.8) is 0 Å². The van der Waals surface area contributed by atoms with Gasteiger partial charge in [-0.1, -0.05) is 30.3 Å². The number of rotatable bonds is 2. The molecular formula is C15H15N3O3S. The summed E-state index contributed by atoms with van der Waals surface area (Å²) in [6.45, 7) is 0.403. The van der Waals surface area contributed by atoms with Crippen LogP contribution in [0.3, 0.4) is 0 Å². The second kappa shape index (κ2) is 5.12. The van der Waals surface area contributed by atoms with E-state index in [4.69, 9.17) is 21.7 Å². The number of ether oxygens (including phenoxy) is 2. The fourth-order valence-electron chi connectivity index (χ4n) is 2.98. The largest absolute Gasteiger partial charge is 0.343 e. The number of carbonyl (C=O) groups is 1. The number of fused-ring (bicyclic) bond motifs is 2. The maximum atomic E-state index is 12.0. The molecule has 0 N–H and O–H groups in total. The summed E-state index contributed by atoms with van der Waals surface area (Å²) in [5, 5.41) is 4.64. The molecule has 0 spiro atoms. The van der Waals surface area contributed by atoms with Crippen molar-refractivity contribution in [1.82, 2.24) is 14.3 Å². The summed E-state index contributed by atoms with van der Waals surface area (Å²) in [7, 11) is 1.88. The SMILES string of the molecule is Cn1c(-c2ccccc2)nn([C@H]2CC(=O)[C@@H]3OCC2O3)c1=S. The van der Waals surface area contributed by atoms with Gasteiger partial charge in [0.25, 0.3) is 0 Å². The van der Waals surface area contributed by atoms with E-state index in [9.17, 15) is 4.79 Å². The fourth-order valence-corrected chi connectivity index (χ4v) is 3.24. The van der Waals surface area contributed by atoms with Crippen molar-refractivity contribution >= 4 is 18.0 Å². The molecule has 7 heteroatoms. The second-order valence-corrected chi connectivity index (χ2v) is 5.92. The molecule has 2 aliphatic rings. The first-order valence-electron chi connectivity index (χ1n) is 7.16. The Kier molecular flexibility index (Phi) is 3.21. The van der Waals surface area contributed by atoms with Crippen molar-refractivity contribution in [2.45, 2.75) is 24.9 Å². The van der Waals surface area contributed by atoms with Gasteiger partial charge in [-0.25, -0.2) is 4.68 Å². The van der Waals surface area contributed by atoms with Gasteiger partial charge in [0, 0.05) is 19.0 Å². The molecule has 3 heterocycles. The zero-order valence-electron chi connectivity index (χ0n) is 12.0. The summed E-state index contributed by atoms with van der Waals surface area (Å²) in [4.78, 5) is 12.0. The molecule has 6 nitrogen and oxygen atoms in total. The molecule has 1 aromatic carbocycles. The second-order valence-electron chi connectivity index (χ2n) is 5.55. The average Bonchev–Trinajstić information content (AvgIpc) is 3.09. The predicted molar refractivity (Wildman–Crippen MR) is 80.7 cm³/mol. The monoisotopic (exact) mass is 317 g/mol. The van der Waals surface area contributed by atoms with Gasteiger partial charge in [-0.3, -0.25) is 4.79 Å². The third kappa shape index (κ3) is 2.05. The summed E-state index contributed by atoms with van der Waals surface area (Å²) < 4.78 is 15.1. The first-order chi connectivity index (χ1) is 10.6. The van der Waals surface area contributed by atoms with Crippen molar-refractivity contribution < 1.29 is 14.3 Å². The third-order valence-electron chi connectivity index (χ3n) is 4.16. The van der Waals surface area contributed by atoms with Gasteiger partial charge in [0.05, 0.1) is 12.6 Å². The van der Waals surface area contributed by atoms with E-state index in [1.807, 2.05) is 41.9 Å². The lowest BCUT2D eigenvalue weighted by Crippen LogP contribution is -2.37. The number of carbonyl (C=O) groups excluding carboxylic acids is 1. The summed E-state index contributed by atoms with van der Waals surface area (Å²) in [5.41, 5.74) is 0.985. The van der Waals surface area contributed by atoms with E-state index < -0.39 is 6.29 Å². The van der Waals surface area contributed by atoms with Gasteiger partial charge >= 0.3 is 0 Å². The minimum absolute atomic E-state index is 0.0486. The van der Waals surface area contributed by atoms with Crippen LogP contribution in [0.15, 0.2) is 30.3 Å². The smallest absolute Gasteiger partial charge is 0.218 e. The summed E-state index contributed by atoms with van der Waals surface area (Å²) in [6.07, 6.45) is -0.532. The maximum absolute atomic E-state index is 12.0. The van der Waals surface area contributed by atoms with E-state index in [1.165, 1.54) is 0 Å². The van der Waals surface area contributed by atoms with Gasteiger partial charge < -0.3 is 14.0 Å². The van der Waals surface area contributed by atoms with Crippen LogP contribution in [-0.4, -0.2) is 39.1 Å². The predicted octanol–water partition coefficient (Wildman–Crippen LogP) is 1.87. The Morgan fingerprint density at radius 3 is 2.86 bits per heavy atom. The molecule has 1 aromatic heterocycles. The van der Waals surface area contributed by atoms with Crippen LogP contribution in [0, 0.1) is 4.77 Å². The maximum Gasteiger partial charge on any atom is 0.218 e. The van der Waals surface area contributed by atoms with Crippen molar-refractivity contribution in [3.8, 4) is 11.4 Å². The molecule has 22 heavy (non-hydrogen) atoms. The van der Waals surface area contributed by atoms with Gasteiger partial charge in [-0.05, 0) is 12.2 Å². The number of hydrogen-bond donors (Lipinski definition) is 0. The van der Waals surface area contributed by atoms with Crippen LogP contribution >= 0.6 is 12.2 Å². The molecule has 4 rings (SSSR count). The number of aromatic nitrogens is 3. The van der Waals surface area contributed by atoms with Gasteiger partial charge in [-0.15, -0.1) is 0 Å². The quantitative estimate of drug-likeness (QED) is 0.792. The van der Waals surface area contributed by atoms with E-state index in [-0.39, 0.29) is 17.9 Å². The van der Waals surface area contributed by atoms with Crippen LogP contribution in [0.25, 0.3) is 11.4 Å². The Morgan fingerprint density at radius 2 is 2.09 bits per heavy atom. The highest BCUT2D eigenvalue weighted by Crippen LogP contribution is 2.33. The molecule has 0 saturated carbocycles. The number of Topliss-reactive ketones (excluding diaryl/α,β-unsaturated/α-hetero) is 1. The van der Waals surface area contributed by atoms with Gasteiger partial charge in [0.2, 0.25) is 6.29 Å². The van der Waals surface area contributed by atoms with Crippen LogP contribution in [0.2, 0.25) is 0 Å². The van der Waals surface area contributed by atoms with Crippen LogP contribution in [0.5, 0.6) is 0 Å². The Balaban J connectivity index is 1.77. The van der Waals surface area contributed by atoms with Crippen molar-refractivity contribution in [3.05, 3.63) is 35.1 Å². The molecule has 2 bridgehead atoms. The van der Waals surface area contributed by atoms with E-state index in [2.05, 4.69) is 5.10 Å². The molecule has 2 aromatic rings. The lowest BCUT2D eigenvalue weighted by Gasteiger charge is -2.26. The Labute approximate surface area is 132 Å². The fraction of sp³-hybridized carbons (Fsp3) is 0.400. The Bertz CT molecular complexity index is 783. The van der Waals surface area contributed by atoms with Crippen LogP contribution < -0.4 is 0 Å². The highest BCUT2D eigenvalue weighted by Gasteiger charge is 2.45. The van der Waals surface area contributed by atoms with E-state index >= 15 is 0 Å². The molecule has 2 fully saturated rings. The highest BCUT2D eigenvalue weighted by molar-refractivity contribution is 7.71. The summed E-state index contributed by atoms with van der Waals surface area (Å²) >= 11 is 5.50. The minimum Gasteiger partial charge on any atom is -0.343 e. The summed E-state index contributed by atoms with van der Waals surface area (Å²) in [6, 6.07) is 9.64. The Hall–Kier alpha value is -1.83. The lowest BCUT2D eigenvalue weighted by atomic mass is 10.0. The Morgan fingerprint density at radius 1 is 1.32 bits per heavy atom. The third-order valence-corrected chi connectivity index (χ3v) is 4.62. The number of ketones is 1. The van der Waals surface area contributed by atoms with Gasteiger partial charge in [0.15, 0.2) is 16.4 Å². The molecule has 0 aliphatic carbocycles. The topological polar surface area (TPSA) is 58.3 Å². The molecular weight excluding hydrogens is 302 g/mol. The number of benzene rings is 1. The molecule has 2 aliphatic heterocycles. The van der Waals surface area contributed by atoms with Crippen LogP contribution in [-0.2, 0) is 21.3 Å². The van der Waals surface area contributed by atoms with Crippen molar-refractivity contribution in [2.75, 3.05) is 6.61 Å². The van der Waals surface area contributed by atoms with Crippen LogP contribution in [0.4, 0.5) is 0 Å². The molecule has 0 radical (unpaired) electrons. The van der Waals surface area contributed by atoms with Crippen molar-refractivity contribution in [2.24, 2.45) is 7.05 Å². The zero-order chi connectivity index (χ0) is 15.3. The van der Waals surface area contributed by atoms with Gasteiger partial charge in [-0.2, -0.15) is 5.10 Å². The van der Waals surface area contributed by atoms with E-state index in [0.29, 0.717) is 17.8 Å². The molecule has 1 unspecified atom stereocenters. The lowest BCUT2D eigenvalue weighted by molar-refractivity contribution is -0.156. The normalized spacial score (nSPS) is 27.3. The van der Waals surface area contributed by atoms with Crippen LogP contribution in [0.1, 0.15) is 12.5 Å². The molecule has 114 valence electrons. The average molecular weight is 317 g/mol. The first kappa shape index (κ1) is 13.8. The zero-order valence-corrected chi connectivity index (χ0v) is 12.8. The van der Waals surface area contributed by atoms with E-state index in [0.717, 1.165) is 11.4 Å². The number of hydrogen-bond acceptors (Lipinski definition) is 5. The molecule has 0 amide bonds. The highest BCUT2D eigenvalue weighted by atomic mass is 32.1. The minimum atomic E-state index is -0.701. The van der Waals surface area contributed by atoms with E-state index in [1.54, 1.807) is 4.68 Å². The van der Waals surface area contributed by atoms with Crippen molar-refractivity contribution in [1.29, 1.82) is 0 Å². The first-order valence-corrected chi connectivity index (χ1v) is 7.56. The molecule has 3 atom stereocenters. The van der Waals surface area contributed by atoms with Gasteiger partial charge in [0.1, 0.15) is 6.10 Å². The number of nitrogens with zero attached hydrogens (tertiary/aromatic N) is 3.